The van der Waals surface area contributed by atoms with Crippen LogP contribution in [0.4, 0.5) is 0 Å². The Morgan fingerprint density at radius 1 is 1.61 bits per heavy atom. The van der Waals surface area contributed by atoms with Gasteiger partial charge in [-0.2, -0.15) is 0 Å². The van der Waals surface area contributed by atoms with E-state index in [0.717, 1.165) is 27.8 Å². The lowest BCUT2D eigenvalue weighted by atomic mass is 9.97. The lowest BCUT2D eigenvalue weighted by molar-refractivity contribution is -0.137. The molecule has 0 spiro atoms. The van der Waals surface area contributed by atoms with E-state index in [9.17, 15) is 4.79 Å². The molecule has 1 aromatic rings. The molecule has 2 rings (SSSR count). The Morgan fingerprint density at radius 2 is 2.28 bits per heavy atom. The molecule has 1 unspecified atom stereocenters. The fraction of sp³-hybridized carbons (Fsp3) is 0.462. The molecule has 0 saturated carbocycles. The molecular weight excluding hydrogens is 298 g/mol. The van der Waals surface area contributed by atoms with Crippen LogP contribution in [0.15, 0.2) is 16.6 Å². The summed E-state index contributed by atoms with van der Waals surface area (Å²) in [6.45, 7) is 4.01. The van der Waals surface area contributed by atoms with Crippen LogP contribution in [0.2, 0.25) is 0 Å². The van der Waals surface area contributed by atoms with Gasteiger partial charge in [-0.1, -0.05) is 15.9 Å². The van der Waals surface area contributed by atoms with Gasteiger partial charge in [-0.25, -0.2) is 0 Å². The first-order valence-corrected chi connectivity index (χ1v) is 6.56. The van der Waals surface area contributed by atoms with Gasteiger partial charge in [0, 0.05) is 22.5 Å². The van der Waals surface area contributed by atoms with Gasteiger partial charge in [-0.3, -0.25) is 4.79 Å². The number of ether oxygens (including phenoxy) is 1. The van der Waals surface area contributed by atoms with Gasteiger partial charge < -0.3 is 15.6 Å². The van der Waals surface area contributed by atoms with Gasteiger partial charge in [0.25, 0.3) is 0 Å². The summed E-state index contributed by atoms with van der Waals surface area (Å²) in [5.74, 6) is -0.162. The van der Waals surface area contributed by atoms with Gasteiger partial charge in [-0.05, 0) is 31.5 Å². The molecule has 0 radical (unpaired) electrons. The normalized spacial score (nSPS) is 18.0. The van der Waals surface area contributed by atoms with E-state index in [-0.39, 0.29) is 12.0 Å². The summed E-state index contributed by atoms with van der Waals surface area (Å²) in [6.07, 6.45) is 0.696. The Balaban J connectivity index is 2.41. The van der Waals surface area contributed by atoms with Crippen LogP contribution in [0.5, 0.6) is 5.75 Å². The number of hydrogen-bond donors (Lipinski definition) is 2. The summed E-state index contributed by atoms with van der Waals surface area (Å²) in [5, 5.41) is 8.83. The summed E-state index contributed by atoms with van der Waals surface area (Å²) in [5.41, 5.74) is 7.51. The molecule has 0 amide bonds. The van der Waals surface area contributed by atoms with Crippen LogP contribution >= 0.6 is 15.9 Å². The number of carbonyl (C=O) groups is 1. The molecule has 0 fully saturated rings. The Morgan fingerprint density at radius 3 is 2.89 bits per heavy atom. The minimum atomic E-state index is -0.909. The highest BCUT2D eigenvalue weighted by Gasteiger charge is 2.33. The molecule has 1 aliphatic heterocycles. The Kier molecular flexibility index (Phi) is 3.38. The summed E-state index contributed by atoms with van der Waals surface area (Å²) >= 11 is 3.43. The zero-order valence-corrected chi connectivity index (χ0v) is 12.0. The highest BCUT2D eigenvalue weighted by atomic mass is 79.9. The number of aliphatic carboxylic acids is 1. The van der Waals surface area contributed by atoms with Gasteiger partial charge in [0.15, 0.2) is 0 Å². The van der Waals surface area contributed by atoms with E-state index in [1.165, 1.54) is 0 Å². The molecule has 18 heavy (non-hydrogen) atoms. The fourth-order valence-electron chi connectivity index (χ4n) is 2.27. The second-order valence-electron chi connectivity index (χ2n) is 5.23. The lowest BCUT2D eigenvalue weighted by Crippen LogP contribution is -2.25. The van der Waals surface area contributed by atoms with Crippen molar-refractivity contribution in [3.8, 4) is 5.75 Å². The predicted molar refractivity (Wildman–Crippen MR) is 71.7 cm³/mol. The van der Waals surface area contributed by atoms with E-state index in [1.54, 1.807) is 0 Å². The molecule has 4 nitrogen and oxygen atoms in total. The molecule has 0 saturated heterocycles. The number of nitrogens with two attached hydrogens (primary N) is 1. The lowest BCUT2D eigenvalue weighted by Gasteiger charge is -2.20. The fourth-order valence-corrected chi connectivity index (χ4v) is 2.80. The number of hydrogen-bond acceptors (Lipinski definition) is 3. The van der Waals surface area contributed by atoms with Crippen molar-refractivity contribution >= 4 is 21.9 Å². The summed E-state index contributed by atoms with van der Waals surface area (Å²) < 4.78 is 6.79. The molecule has 0 aliphatic carbocycles. The average Bonchev–Trinajstić information content (AvgIpc) is 2.49. The molecule has 98 valence electrons. The van der Waals surface area contributed by atoms with Crippen molar-refractivity contribution < 1.29 is 14.6 Å². The number of carboxylic acid groups (broad SMARTS) is 1. The van der Waals surface area contributed by atoms with Crippen molar-refractivity contribution in [3.05, 3.63) is 27.7 Å². The minimum absolute atomic E-state index is 0.104. The quantitative estimate of drug-likeness (QED) is 0.899. The van der Waals surface area contributed by atoms with E-state index in [2.05, 4.69) is 15.9 Å². The van der Waals surface area contributed by atoms with Gasteiger partial charge in [0.05, 0.1) is 6.42 Å². The third kappa shape index (κ3) is 2.67. The van der Waals surface area contributed by atoms with Crippen LogP contribution < -0.4 is 10.5 Å². The van der Waals surface area contributed by atoms with Crippen LogP contribution in [0.25, 0.3) is 0 Å². The number of halogens is 1. The molecule has 0 bridgehead atoms. The molecule has 1 aromatic carbocycles. The Hall–Kier alpha value is -1.07. The van der Waals surface area contributed by atoms with Gasteiger partial charge in [-0.15, -0.1) is 0 Å². The van der Waals surface area contributed by atoms with Crippen molar-refractivity contribution in [1.82, 2.24) is 0 Å². The SMILES string of the molecule is CC1(C)Cc2cc(Br)cc(C(N)CC(=O)O)c2O1. The molecule has 1 atom stereocenters. The molecule has 0 aromatic heterocycles. The summed E-state index contributed by atoms with van der Waals surface area (Å²) in [4.78, 5) is 10.8. The standard InChI is InChI=1S/C13H16BrNO3/c1-13(2)6-7-3-8(14)4-9(12(7)18-13)10(15)5-11(16)17/h3-4,10H,5-6,15H2,1-2H3,(H,16,17). The highest BCUT2D eigenvalue weighted by Crippen LogP contribution is 2.42. The van der Waals surface area contributed by atoms with Crippen molar-refractivity contribution in [1.29, 1.82) is 0 Å². The Bertz CT molecular complexity index is 499. The second kappa shape index (κ2) is 4.55. The number of fused-ring (bicyclic) bond motifs is 1. The largest absolute Gasteiger partial charge is 0.487 e. The zero-order chi connectivity index (χ0) is 13.5. The average molecular weight is 314 g/mol. The third-order valence-corrected chi connectivity index (χ3v) is 3.41. The van der Waals surface area contributed by atoms with E-state index in [4.69, 9.17) is 15.6 Å². The van der Waals surface area contributed by atoms with Crippen LogP contribution in [0.3, 0.4) is 0 Å². The van der Waals surface area contributed by atoms with Crippen LogP contribution in [0, 0.1) is 0 Å². The minimum Gasteiger partial charge on any atom is -0.487 e. The maximum absolute atomic E-state index is 10.8. The number of rotatable bonds is 3. The van der Waals surface area contributed by atoms with E-state index in [1.807, 2.05) is 26.0 Å². The maximum Gasteiger partial charge on any atom is 0.305 e. The van der Waals surface area contributed by atoms with E-state index < -0.39 is 12.0 Å². The van der Waals surface area contributed by atoms with Gasteiger partial charge in [0.2, 0.25) is 0 Å². The third-order valence-electron chi connectivity index (χ3n) is 2.95. The second-order valence-corrected chi connectivity index (χ2v) is 6.14. The summed E-state index contributed by atoms with van der Waals surface area (Å²) in [7, 11) is 0. The van der Waals surface area contributed by atoms with Crippen molar-refractivity contribution in [2.45, 2.75) is 38.3 Å². The topological polar surface area (TPSA) is 72.6 Å². The Labute approximate surface area is 114 Å². The first-order chi connectivity index (χ1) is 8.28. The maximum atomic E-state index is 10.8. The number of benzene rings is 1. The highest BCUT2D eigenvalue weighted by molar-refractivity contribution is 9.10. The molecule has 5 heteroatoms. The first-order valence-electron chi connectivity index (χ1n) is 5.77. The predicted octanol–water partition coefficient (Wildman–Crippen LogP) is 2.64. The van der Waals surface area contributed by atoms with E-state index >= 15 is 0 Å². The molecular formula is C13H16BrNO3. The molecule has 1 aliphatic rings. The summed E-state index contributed by atoms with van der Waals surface area (Å²) in [6, 6.07) is 3.29. The van der Waals surface area contributed by atoms with Gasteiger partial charge >= 0.3 is 5.97 Å². The molecule has 1 heterocycles. The van der Waals surface area contributed by atoms with Crippen molar-refractivity contribution in [2.24, 2.45) is 5.73 Å². The van der Waals surface area contributed by atoms with Crippen LogP contribution in [-0.4, -0.2) is 16.7 Å². The van der Waals surface area contributed by atoms with Crippen molar-refractivity contribution in [3.63, 3.8) is 0 Å². The van der Waals surface area contributed by atoms with Crippen LogP contribution in [-0.2, 0) is 11.2 Å². The zero-order valence-electron chi connectivity index (χ0n) is 10.4. The van der Waals surface area contributed by atoms with Crippen molar-refractivity contribution in [2.75, 3.05) is 0 Å². The number of carboxylic acids is 1. The first kappa shape index (κ1) is 13.4. The monoisotopic (exact) mass is 313 g/mol. The van der Waals surface area contributed by atoms with E-state index in [0.29, 0.717) is 0 Å². The van der Waals surface area contributed by atoms with Crippen LogP contribution in [0.1, 0.15) is 37.4 Å². The smallest absolute Gasteiger partial charge is 0.305 e. The molecule has 3 N–H and O–H groups in total. The van der Waals surface area contributed by atoms with Gasteiger partial charge in [0.1, 0.15) is 11.4 Å².